The third kappa shape index (κ3) is 3.81. The summed E-state index contributed by atoms with van der Waals surface area (Å²) in [5.74, 6) is -1.55. The van der Waals surface area contributed by atoms with E-state index in [2.05, 4.69) is 15.9 Å². The Labute approximate surface area is 131 Å². The van der Waals surface area contributed by atoms with E-state index >= 15 is 0 Å². The van der Waals surface area contributed by atoms with Crippen molar-refractivity contribution in [3.8, 4) is 0 Å². The van der Waals surface area contributed by atoms with Gasteiger partial charge in [-0.25, -0.2) is 4.39 Å². The Balaban J connectivity index is 2.10. The smallest absolute Gasteiger partial charge is 0.310 e. The van der Waals surface area contributed by atoms with Crippen LogP contribution in [0.4, 0.5) is 4.39 Å². The highest BCUT2D eigenvalue weighted by molar-refractivity contribution is 9.10. The van der Waals surface area contributed by atoms with Gasteiger partial charge in [0.2, 0.25) is 0 Å². The number of amides is 1. The topological polar surface area (TPSA) is 46.6 Å². The predicted octanol–water partition coefficient (Wildman–Crippen LogP) is 3.00. The second-order valence-corrected chi connectivity index (χ2v) is 5.88. The quantitative estimate of drug-likeness (QED) is 0.781. The first-order chi connectivity index (χ1) is 10.0. The van der Waals surface area contributed by atoms with E-state index in [9.17, 15) is 14.0 Å². The fourth-order valence-corrected chi connectivity index (χ4v) is 2.78. The number of halogens is 2. The minimum Gasteiger partial charge on any atom is -0.466 e. The maximum Gasteiger partial charge on any atom is 0.310 e. The van der Waals surface area contributed by atoms with Gasteiger partial charge < -0.3 is 9.64 Å². The lowest BCUT2D eigenvalue weighted by molar-refractivity contribution is -0.149. The zero-order valence-corrected chi connectivity index (χ0v) is 13.4. The number of likely N-dealkylation sites (tertiary alicyclic amines) is 1. The molecule has 2 rings (SSSR count). The van der Waals surface area contributed by atoms with Crippen LogP contribution in [-0.2, 0) is 9.53 Å². The molecule has 1 amide bonds. The summed E-state index contributed by atoms with van der Waals surface area (Å²) < 4.78 is 19.4. The molecule has 1 aliphatic rings. The summed E-state index contributed by atoms with van der Waals surface area (Å²) in [6, 6.07) is 4.35. The average Bonchev–Trinajstić information content (AvgIpc) is 2.47. The lowest BCUT2D eigenvalue weighted by Gasteiger charge is -2.31. The van der Waals surface area contributed by atoms with Gasteiger partial charge in [0, 0.05) is 17.6 Å². The Morgan fingerprint density at radius 2 is 2.24 bits per heavy atom. The first kappa shape index (κ1) is 15.9. The molecular formula is C15H17BrFNO3. The second-order valence-electron chi connectivity index (χ2n) is 4.97. The molecule has 0 bridgehead atoms. The zero-order chi connectivity index (χ0) is 15.4. The molecule has 0 saturated carbocycles. The van der Waals surface area contributed by atoms with Crippen molar-refractivity contribution in [2.45, 2.75) is 19.8 Å². The normalized spacial score (nSPS) is 18.4. The van der Waals surface area contributed by atoms with Crippen LogP contribution in [0.15, 0.2) is 22.7 Å². The van der Waals surface area contributed by atoms with E-state index in [-0.39, 0.29) is 29.9 Å². The van der Waals surface area contributed by atoms with Crippen molar-refractivity contribution in [3.63, 3.8) is 0 Å². The Bertz CT molecular complexity index is 550. The van der Waals surface area contributed by atoms with E-state index in [4.69, 9.17) is 4.74 Å². The summed E-state index contributed by atoms with van der Waals surface area (Å²) in [7, 11) is 0. The number of hydrogen-bond donors (Lipinski definition) is 0. The van der Waals surface area contributed by atoms with Crippen LogP contribution in [-0.4, -0.2) is 36.5 Å². The van der Waals surface area contributed by atoms with Crippen molar-refractivity contribution < 1.29 is 18.7 Å². The summed E-state index contributed by atoms with van der Waals surface area (Å²) in [4.78, 5) is 25.7. The molecular weight excluding hydrogens is 341 g/mol. The minimum absolute atomic E-state index is 0.0303. The van der Waals surface area contributed by atoms with Gasteiger partial charge in [-0.05, 0) is 38.0 Å². The molecule has 114 valence electrons. The molecule has 1 aliphatic heterocycles. The number of carbonyl (C=O) groups is 2. The molecule has 0 aromatic heterocycles. The SMILES string of the molecule is CCOC(=O)C1CCCN(C(=O)c2ccc(Br)cc2F)C1. The van der Waals surface area contributed by atoms with Crippen LogP contribution < -0.4 is 0 Å². The molecule has 4 nitrogen and oxygen atoms in total. The van der Waals surface area contributed by atoms with Crippen LogP contribution in [0, 0.1) is 11.7 Å². The van der Waals surface area contributed by atoms with Crippen LogP contribution in [0.3, 0.4) is 0 Å². The molecule has 1 unspecified atom stereocenters. The first-order valence-corrected chi connectivity index (χ1v) is 7.73. The third-order valence-electron chi connectivity index (χ3n) is 3.49. The molecule has 1 saturated heterocycles. The van der Waals surface area contributed by atoms with Gasteiger partial charge in [-0.15, -0.1) is 0 Å². The Morgan fingerprint density at radius 3 is 2.90 bits per heavy atom. The monoisotopic (exact) mass is 357 g/mol. The third-order valence-corrected chi connectivity index (χ3v) is 3.98. The number of hydrogen-bond acceptors (Lipinski definition) is 3. The highest BCUT2D eigenvalue weighted by Crippen LogP contribution is 2.22. The molecule has 1 aromatic rings. The van der Waals surface area contributed by atoms with E-state index in [0.29, 0.717) is 30.5 Å². The predicted molar refractivity (Wildman–Crippen MR) is 79.4 cm³/mol. The Kier molecular flexibility index (Phi) is 5.33. The van der Waals surface area contributed by atoms with Crippen LogP contribution in [0.2, 0.25) is 0 Å². The summed E-state index contributed by atoms with van der Waals surface area (Å²) in [5.41, 5.74) is 0.0303. The van der Waals surface area contributed by atoms with Crippen molar-refractivity contribution in [1.82, 2.24) is 4.90 Å². The van der Waals surface area contributed by atoms with Crippen molar-refractivity contribution >= 4 is 27.8 Å². The molecule has 0 radical (unpaired) electrons. The van der Waals surface area contributed by atoms with Crippen molar-refractivity contribution in [1.29, 1.82) is 0 Å². The fraction of sp³-hybridized carbons (Fsp3) is 0.467. The van der Waals surface area contributed by atoms with Crippen molar-refractivity contribution in [3.05, 3.63) is 34.1 Å². The number of benzene rings is 1. The largest absolute Gasteiger partial charge is 0.466 e. The lowest BCUT2D eigenvalue weighted by atomic mass is 9.97. The van der Waals surface area contributed by atoms with E-state index in [1.807, 2.05) is 0 Å². The first-order valence-electron chi connectivity index (χ1n) is 6.94. The molecule has 1 fully saturated rings. The Hall–Kier alpha value is -1.43. The maximum absolute atomic E-state index is 13.9. The number of nitrogens with zero attached hydrogens (tertiary/aromatic N) is 1. The van der Waals surface area contributed by atoms with E-state index < -0.39 is 5.82 Å². The van der Waals surface area contributed by atoms with Gasteiger partial charge in [-0.1, -0.05) is 15.9 Å². The molecule has 6 heteroatoms. The van der Waals surface area contributed by atoms with Crippen LogP contribution in [0.5, 0.6) is 0 Å². The van der Waals surface area contributed by atoms with Gasteiger partial charge in [0.15, 0.2) is 0 Å². The second kappa shape index (κ2) is 7.02. The molecule has 21 heavy (non-hydrogen) atoms. The highest BCUT2D eigenvalue weighted by Gasteiger charge is 2.30. The fourth-order valence-electron chi connectivity index (χ4n) is 2.45. The van der Waals surface area contributed by atoms with Gasteiger partial charge in [-0.2, -0.15) is 0 Å². The highest BCUT2D eigenvalue weighted by atomic mass is 79.9. The van der Waals surface area contributed by atoms with Gasteiger partial charge in [0.25, 0.3) is 5.91 Å². The van der Waals surface area contributed by atoms with E-state index in [0.717, 1.165) is 0 Å². The van der Waals surface area contributed by atoms with Gasteiger partial charge in [0.1, 0.15) is 5.82 Å². The van der Waals surface area contributed by atoms with Crippen LogP contribution in [0.1, 0.15) is 30.1 Å². The molecule has 1 aromatic carbocycles. The van der Waals surface area contributed by atoms with Crippen molar-refractivity contribution in [2.75, 3.05) is 19.7 Å². The zero-order valence-electron chi connectivity index (χ0n) is 11.8. The summed E-state index contributed by atoms with van der Waals surface area (Å²) in [5, 5.41) is 0. The number of esters is 1. The molecule has 1 heterocycles. The van der Waals surface area contributed by atoms with E-state index in [1.165, 1.54) is 17.0 Å². The van der Waals surface area contributed by atoms with Crippen LogP contribution in [0.25, 0.3) is 0 Å². The van der Waals surface area contributed by atoms with Gasteiger partial charge in [-0.3, -0.25) is 9.59 Å². The molecule has 0 aliphatic carbocycles. The molecule has 1 atom stereocenters. The summed E-state index contributed by atoms with van der Waals surface area (Å²) >= 11 is 3.16. The van der Waals surface area contributed by atoms with E-state index in [1.54, 1.807) is 13.0 Å². The molecule has 0 spiro atoms. The number of ether oxygens (including phenoxy) is 1. The number of piperidine rings is 1. The Morgan fingerprint density at radius 1 is 1.48 bits per heavy atom. The lowest BCUT2D eigenvalue weighted by Crippen LogP contribution is -2.43. The average molecular weight is 358 g/mol. The number of carbonyl (C=O) groups excluding carboxylic acids is 2. The maximum atomic E-state index is 13.9. The van der Waals surface area contributed by atoms with Gasteiger partial charge in [0.05, 0.1) is 18.1 Å². The standard InChI is InChI=1S/C15H17BrFNO3/c1-2-21-15(20)10-4-3-7-18(9-10)14(19)12-6-5-11(16)8-13(12)17/h5-6,8,10H,2-4,7,9H2,1H3. The molecule has 0 N–H and O–H groups in total. The van der Waals surface area contributed by atoms with Crippen LogP contribution >= 0.6 is 15.9 Å². The summed E-state index contributed by atoms with van der Waals surface area (Å²) in [6.45, 7) is 2.89. The number of rotatable bonds is 3. The van der Waals surface area contributed by atoms with Gasteiger partial charge >= 0.3 is 5.97 Å². The van der Waals surface area contributed by atoms with Crippen molar-refractivity contribution in [2.24, 2.45) is 5.92 Å². The summed E-state index contributed by atoms with van der Waals surface area (Å²) in [6.07, 6.45) is 1.42. The minimum atomic E-state index is -0.562.